The van der Waals surface area contributed by atoms with Crippen molar-refractivity contribution in [2.24, 2.45) is 5.84 Å². The normalized spacial score (nSPS) is 12.2. The predicted molar refractivity (Wildman–Crippen MR) is 79.1 cm³/mol. The zero-order valence-corrected chi connectivity index (χ0v) is 12.4. The fraction of sp³-hybridized carbons (Fsp3) is 0.500. The standard InChI is InChI=1S/C12H20N8O/c1-4-20(9(2)7-21-3)12-16-10(18-13)15-11(17-12)19-6-5-14-8-19/h5-6,8-9H,4,7,13H2,1-3H3,(H,15,16,17,18). The van der Waals surface area contributed by atoms with E-state index in [4.69, 9.17) is 10.6 Å². The zero-order valence-electron chi connectivity index (χ0n) is 12.4. The number of hydrazine groups is 1. The number of nitrogen functional groups attached to an aromatic ring is 1. The van der Waals surface area contributed by atoms with Crippen molar-refractivity contribution in [1.29, 1.82) is 0 Å². The minimum atomic E-state index is 0.128. The highest BCUT2D eigenvalue weighted by Crippen LogP contribution is 2.15. The molecule has 0 spiro atoms. The number of nitrogens with zero attached hydrogens (tertiary/aromatic N) is 6. The van der Waals surface area contributed by atoms with Gasteiger partial charge < -0.3 is 9.64 Å². The van der Waals surface area contributed by atoms with E-state index in [2.05, 4.69) is 25.4 Å². The number of nitrogens with one attached hydrogen (secondary N) is 1. The number of nitrogens with two attached hydrogens (primary N) is 1. The van der Waals surface area contributed by atoms with Crippen LogP contribution < -0.4 is 16.2 Å². The first-order valence-corrected chi connectivity index (χ1v) is 6.66. The molecule has 0 aromatic carbocycles. The van der Waals surface area contributed by atoms with Crippen LogP contribution in [0.25, 0.3) is 5.95 Å². The average molecular weight is 292 g/mol. The molecule has 21 heavy (non-hydrogen) atoms. The van der Waals surface area contributed by atoms with Gasteiger partial charge in [-0.3, -0.25) is 9.99 Å². The van der Waals surface area contributed by atoms with Gasteiger partial charge in [-0.1, -0.05) is 0 Å². The highest BCUT2D eigenvalue weighted by molar-refractivity contribution is 5.40. The van der Waals surface area contributed by atoms with Crippen LogP contribution >= 0.6 is 0 Å². The van der Waals surface area contributed by atoms with E-state index in [0.29, 0.717) is 24.5 Å². The number of rotatable bonds is 7. The van der Waals surface area contributed by atoms with Gasteiger partial charge in [0, 0.05) is 26.0 Å². The third-order valence-electron chi connectivity index (χ3n) is 3.01. The lowest BCUT2D eigenvalue weighted by atomic mass is 10.3. The summed E-state index contributed by atoms with van der Waals surface area (Å²) in [6, 6.07) is 0.128. The molecule has 0 radical (unpaired) electrons. The number of aromatic nitrogens is 5. The van der Waals surface area contributed by atoms with Gasteiger partial charge in [-0.05, 0) is 13.8 Å². The first kappa shape index (κ1) is 15.1. The maximum atomic E-state index is 5.45. The summed E-state index contributed by atoms with van der Waals surface area (Å²) in [4.78, 5) is 19.0. The lowest BCUT2D eigenvalue weighted by Crippen LogP contribution is -2.38. The lowest BCUT2D eigenvalue weighted by molar-refractivity contribution is 0.181. The summed E-state index contributed by atoms with van der Waals surface area (Å²) in [5.41, 5.74) is 2.47. The van der Waals surface area contributed by atoms with Gasteiger partial charge in [-0.2, -0.15) is 15.0 Å². The minimum Gasteiger partial charge on any atom is -0.383 e. The number of hydrogen-bond acceptors (Lipinski definition) is 8. The molecule has 9 heteroatoms. The van der Waals surface area contributed by atoms with Gasteiger partial charge in [0.15, 0.2) is 0 Å². The number of likely N-dealkylation sites (N-methyl/N-ethyl adjacent to an activating group) is 1. The largest absolute Gasteiger partial charge is 0.383 e. The summed E-state index contributed by atoms with van der Waals surface area (Å²) in [6.45, 7) is 5.39. The van der Waals surface area contributed by atoms with Gasteiger partial charge in [0.1, 0.15) is 6.33 Å². The summed E-state index contributed by atoms with van der Waals surface area (Å²) in [6.07, 6.45) is 5.03. The second kappa shape index (κ2) is 6.95. The number of methoxy groups -OCH3 is 1. The second-order valence-corrected chi connectivity index (χ2v) is 4.46. The molecule has 2 aromatic rings. The Morgan fingerprint density at radius 3 is 2.81 bits per heavy atom. The van der Waals surface area contributed by atoms with Crippen LogP contribution in [0, 0.1) is 0 Å². The number of hydrogen-bond donors (Lipinski definition) is 2. The molecule has 1 atom stereocenters. The summed E-state index contributed by atoms with van der Waals surface area (Å²) >= 11 is 0. The maximum Gasteiger partial charge on any atom is 0.243 e. The first-order valence-electron chi connectivity index (χ1n) is 6.66. The molecule has 0 aliphatic rings. The Kier molecular flexibility index (Phi) is 5.01. The molecule has 2 rings (SSSR count). The molecule has 9 nitrogen and oxygen atoms in total. The summed E-state index contributed by atoms with van der Waals surface area (Å²) in [5, 5.41) is 0. The number of anilines is 2. The smallest absolute Gasteiger partial charge is 0.243 e. The van der Waals surface area contributed by atoms with Gasteiger partial charge in [0.2, 0.25) is 17.8 Å². The van der Waals surface area contributed by atoms with Gasteiger partial charge in [-0.25, -0.2) is 10.8 Å². The zero-order chi connectivity index (χ0) is 15.2. The Morgan fingerprint density at radius 2 is 2.24 bits per heavy atom. The van der Waals surface area contributed by atoms with Crippen molar-refractivity contribution in [3.05, 3.63) is 18.7 Å². The van der Waals surface area contributed by atoms with E-state index in [0.717, 1.165) is 6.54 Å². The van der Waals surface area contributed by atoms with Crippen molar-refractivity contribution in [3.8, 4) is 5.95 Å². The van der Waals surface area contributed by atoms with E-state index in [1.807, 2.05) is 18.7 Å². The number of imidazole rings is 1. The Hall–Kier alpha value is -2.26. The molecule has 2 aromatic heterocycles. The highest BCUT2D eigenvalue weighted by atomic mass is 16.5. The quantitative estimate of drug-likeness (QED) is 0.550. The molecular formula is C12H20N8O. The third-order valence-corrected chi connectivity index (χ3v) is 3.01. The molecule has 2 heterocycles. The van der Waals surface area contributed by atoms with Crippen LogP contribution in [-0.2, 0) is 4.74 Å². The second-order valence-electron chi connectivity index (χ2n) is 4.46. The van der Waals surface area contributed by atoms with Crippen molar-refractivity contribution in [2.75, 3.05) is 30.6 Å². The molecule has 114 valence electrons. The van der Waals surface area contributed by atoms with Crippen LogP contribution in [-0.4, -0.2) is 50.8 Å². The van der Waals surface area contributed by atoms with E-state index in [1.54, 1.807) is 30.4 Å². The van der Waals surface area contributed by atoms with E-state index in [9.17, 15) is 0 Å². The van der Waals surface area contributed by atoms with E-state index >= 15 is 0 Å². The highest BCUT2D eigenvalue weighted by Gasteiger charge is 2.18. The van der Waals surface area contributed by atoms with Gasteiger partial charge in [0.25, 0.3) is 0 Å². The van der Waals surface area contributed by atoms with Crippen molar-refractivity contribution in [2.45, 2.75) is 19.9 Å². The van der Waals surface area contributed by atoms with Crippen LogP contribution in [0.5, 0.6) is 0 Å². The Bertz CT molecular complexity index is 558. The van der Waals surface area contributed by atoms with Crippen molar-refractivity contribution < 1.29 is 4.74 Å². The van der Waals surface area contributed by atoms with E-state index in [1.165, 1.54) is 0 Å². The molecule has 0 saturated heterocycles. The van der Waals surface area contributed by atoms with Crippen LogP contribution in [0.2, 0.25) is 0 Å². The Balaban J connectivity index is 2.40. The molecule has 0 amide bonds. The maximum absolute atomic E-state index is 5.45. The van der Waals surface area contributed by atoms with Gasteiger partial charge in [0.05, 0.1) is 12.6 Å². The van der Waals surface area contributed by atoms with Crippen molar-refractivity contribution in [1.82, 2.24) is 24.5 Å². The van der Waals surface area contributed by atoms with Crippen molar-refractivity contribution in [3.63, 3.8) is 0 Å². The van der Waals surface area contributed by atoms with Crippen molar-refractivity contribution >= 4 is 11.9 Å². The van der Waals surface area contributed by atoms with Crippen LogP contribution in [0.1, 0.15) is 13.8 Å². The van der Waals surface area contributed by atoms with E-state index < -0.39 is 0 Å². The Labute approximate surface area is 123 Å². The van der Waals surface area contributed by atoms with Crippen LogP contribution in [0.3, 0.4) is 0 Å². The number of ether oxygens (including phenoxy) is 1. The fourth-order valence-electron chi connectivity index (χ4n) is 2.02. The molecule has 3 N–H and O–H groups in total. The average Bonchev–Trinajstić information content (AvgIpc) is 3.02. The monoisotopic (exact) mass is 292 g/mol. The lowest BCUT2D eigenvalue weighted by Gasteiger charge is -2.27. The predicted octanol–water partition coefficient (Wildman–Crippen LogP) is 0.204. The molecule has 0 saturated carbocycles. The molecule has 0 aliphatic heterocycles. The van der Waals surface area contributed by atoms with E-state index in [-0.39, 0.29) is 6.04 Å². The topological polar surface area (TPSA) is 107 Å². The molecule has 1 unspecified atom stereocenters. The summed E-state index contributed by atoms with van der Waals surface area (Å²) < 4.78 is 6.89. The third kappa shape index (κ3) is 3.44. The summed E-state index contributed by atoms with van der Waals surface area (Å²) in [7, 11) is 1.67. The minimum absolute atomic E-state index is 0.128. The summed E-state index contributed by atoms with van der Waals surface area (Å²) in [5.74, 6) is 6.73. The molecule has 0 aliphatic carbocycles. The van der Waals surface area contributed by atoms with Crippen LogP contribution in [0.4, 0.5) is 11.9 Å². The molecular weight excluding hydrogens is 272 g/mol. The fourth-order valence-corrected chi connectivity index (χ4v) is 2.02. The molecule has 0 bridgehead atoms. The van der Waals surface area contributed by atoms with Crippen LogP contribution in [0.15, 0.2) is 18.7 Å². The first-order chi connectivity index (χ1) is 10.2. The van der Waals surface area contributed by atoms with Gasteiger partial charge in [-0.15, -0.1) is 0 Å². The SMILES string of the molecule is CCN(c1nc(NN)nc(-n2ccnc2)n1)C(C)COC. The molecule has 0 fully saturated rings. The Morgan fingerprint density at radius 1 is 1.43 bits per heavy atom. The van der Waals surface area contributed by atoms with Gasteiger partial charge >= 0.3 is 0 Å².